The average Bonchev–Trinajstić information content (AvgIpc) is 3.32. The summed E-state index contributed by atoms with van der Waals surface area (Å²) in [5, 5.41) is 7.15. The summed E-state index contributed by atoms with van der Waals surface area (Å²) >= 11 is 1.34. The van der Waals surface area contributed by atoms with E-state index in [1.807, 2.05) is 37.3 Å². The van der Waals surface area contributed by atoms with Gasteiger partial charge < -0.3 is 15.5 Å². The number of aryl methyl sites for hydroxylation is 1. The quantitative estimate of drug-likeness (QED) is 0.351. The third kappa shape index (κ3) is 3.66. The van der Waals surface area contributed by atoms with Crippen LogP contribution in [0.1, 0.15) is 27.2 Å². The van der Waals surface area contributed by atoms with Crippen LogP contribution in [0.3, 0.4) is 0 Å². The van der Waals surface area contributed by atoms with Crippen molar-refractivity contribution < 1.29 is 9.21 Å². The summed E-state index contributed by atoms with van der Waals surface area (Å²) < 4.78 is 6.12. The van der Waals surface area contributed by atoms with Gasteiger partial charge in [0.05, 0.1) is 38.8 Å². The lowest BCUT2D eigenvalue weighted by atomic mass is 9.99. The van der Waals surface area contributed by atoms with Crippen LogP contribution in [0.4, 0.5) is 11.5 Å². The highest BCUT2D eigenvalue weighted by Gasteiger charge is 2.18. The normalized spacial score (nSPS) is 11.4. The van der Waals surface area contributed by atoms with E-state index in [0.717, 1.165) is 27.6 Å². The highest BCUT2D eigenvalue weighted by atomic mass is 32.1. The van der Waals surface area contributed by atoms with Crippen molar-refractivity contribution in [2.24, 2.45) is 0 Å². The Balaban J connectivity index is 1.39. The van der Waals surface area contributed by atoms with Gasteiger partial charge in [-0.3, -0.25) is 14.6 Å². The molecule has 36 heavy (non-hydrogen) atoms. The Labute approximate surface area is 208 Å². The number of thiophene rings is 1. The maximum atomic E-state index is 13.3. The first-order valence-electron chi connectivity index (χ1n) is 11.2. The molecule has 0 saturated carbocycles. The Morgan fingerprint density at radius 2 is 1.94 bits per heavy atom. The number of hydrogen-bond donors (Lipinski definition) is 2. The van der Waals surface area contributed by atoms with E-state index in [2.05, 4.69) is 20.3 Å². The van der Waals surface area contributed by atoms with Gasteiger partial charge >= 0.3 is 0 Å². The molecule has 8 nitrogen and oxygen atoms in total. The minimum atomic E-state index is -0.269. The molecule has 0 spiro atoms. The lowest BCUT2D eigenvalue weighted by Gasteiger charge is -2.14. The number of nitrogens with two attached hydrogens (primary N) is 1. The number of aromatic nitrogens is 3. The van der Waals surface area contributed by atoms with Crippen LogP contribution in [0, 0.1) is 6.92 Å². The first-order chi connectivity index (χ1) is 17.5. The Morgan fingerprint density at radius 3 is 2.83 bits per heavy atom. The van der Waals surface area contributed by atoms with Gasteiger partial charge in [-0.15, -0.1) is 11.3 Å². The van der Waals surface area contributed by atoms with Crippen molar-refractivity contribution in [1.29, 1.82) is 0 Å². The van der Waals surface area contributed by atoms with Crippen LogP contribution in [-0.2, 0) is 6.42 Å². The van der Waals surface area contributed by atoms with Crippen LogP contribution >= 0.6 is 11.3 Å². The van der Waals surface area contributed by atoms with Gasteiger partial charge in [0.2, 0.25) is 0 Å². The van der Waals surface area contributed by atoms with Gasteiger partial charge in [-0.25, -0.2) is 9.97 Å². The van der Waals surface area contributed by atoms with E-state index < -0.39 is 0 Å². The molecule has 0 atom stereocenters. The van der Waals surface area contributed by atoms with Gasteiger partial charge in [-0.05, 0) is 36.2 Å². The van der Waals surface area contributed by atoms with Crippen molar-refractivity contribution in [2.45, 2.75) is 13.3 Å². The van der Waals surface area contributed by atoms with Crippen molar-refractivity contribution in [3.05, 3.63) is 99.2 Å². The molecule has 2 aromatic carbocycles. The minimum absolute atomic E-state index is 0.0856. The number of anilines is 2. The van der Waals surface area contributed by atoms with E-state index in [4.69, 9.17) is 10.2 Å². The molecule has 0 unspecified atom stereocenters. The van der Waals surface area contributed by atoms with Crippen LogP contribution < -0.4 is 16.5 Å². The van der Waals surface area contributed by atoms with Gasteiger partial charge in [0.1, 0.15) is 17.7 Å². The third-order valence-corrected chi connectivity index (χ3v) is 7.19. The number of amides is 1. The molecule has 0 fully saturated rings. The summed E-state index contributed by atoms with van der Waals surface area (Å²) in [4.78, 5) is 38.4. The minimum Gasteiger partial charge on any atom is -0.464 e. The fourth-order valence-electron chi connectivity index (χ4n) is 4.38. The van der Waals surface area contributed by atoms with Crippen molar-refractivity contribution in [1.82, 2.24) is 15.0 Å². The smallest absolute Gasteiger partial charge is 0.258 e. The maximum absolute atomic E-state index is 13.3. The molecule has 0 radical (unpaired) electrons. The van der Waals surface area contributed by atoms with Crippen LogP contribution in [0.15, 0.2) is 75.8 Å². The first kappa shape index (κ1) is 21.9. The number of hydrogen-bond acceptors (Lipinski definition) is 8. The molecular weight excluding hydrogens is 474 g/mol. The largest absolute Gasteiger partial charge is 0.464 e. The number of fused-ring (bicyclic) bond motifs is 3. The Bertz CT molecular complexity index is 1880. The number of carbonyl (C=O) groups excluding carboxylic acids is 1. The van der Waals surface area contributed by atoms with E-state index in [1.54, 1.807) is 17.6 Å². The second kappa shape index (κ2) is 8.54. The van der Waals surface area contributed by atoms with Gasteiger partial charge in [-0.2, -0.15) is 0 Å². The number of nitrogens with one attached hydrogen (secondary N) is 1. The molecule has 0 saturated heterocycles. The van der Waals surface area contributed by atoms with E-state index in [0.29, 0.717) is 44.7 Å². The number of nitrogen functional groups attached to an aromatic ring is 1. The number of carbonyl (C=O) groups is 1. The fourth-order valence-corrected chi connectivity index (χ4v) is 5.28. The van der Waals surface area contributed by atoms with Crippen molar-refractivity contribution in [2.75, 3.05) is 11.1 Å². The van der Waals surface area contributed by atoms with Gasteiger partial charge in [-0.1, -0.05) is 18.2 Å². The zero-order chi connectivity index (χ0) is 24.8. The molecule has 1 amide bonds. The maximum Gasteiger partial charge on any atom is 0.258 e. The summed E-state index contributed by atoms with van der Waals surface area (Å²) in [7, 11) is 0. The molecule has 6 aromatic rings. The van der Waals surface area contributed by atoms with Crippen LogP contribution in [0.2, 0.25) is 0 Å². The predicted molar refractivity (Wildman–Crippen MR) is 142 cm³/mol. The Morgan fingerprint density at radius 1 is 1.06 bits per heavy atom. The lowest BCUT2D eigenvalue weighted by Crippen LogP contribution is -2.13. The van der Waals surface area contributed by atoms with Crippen molar-refractivity contribution in [3.8, 4) is 0 Å². The molecule has 6 rings (SSSR count). The first-order valence-corrected chi connectivity index (χ1v) is 12.0. The standard InChI is InChI=1S/C27H19N5O3S/c1-14-2-4-16-17(23(14)32-27(34)19-12-36-25-24(19)30-13-31-26(25)28)6-8-29-20(16)11-15-3-5-22-18(10-15)21(33)7-9-35-22/h2-10,12-13H,11H2,1H3,(H,32,34)(H2,28,30,31). The van der Waals surface area contributed by atoms with Crippen molar-refractivity contribution >= 4 is 60.7 Å². The molecule has 0 bridgehead atoms. The fraction of sp³-hybridized carbons (Fsp3) is 0.0741. The predicted octanol–water partition coefficient (Wildman–Crippen LogP) is 5.08. The van der Waals surface area contributed by atoms with Gasteiger partial charge in [0.25, 0.3) is 5.91 Å². The van der Waals surface area contributed by atoms with E-state index in [9.17, 15) is 9.59 Å². The molecule has 176 valence electrons. The van der Waals surface area contributed by atoms with E-state index in [-0.39, 0.29) is 11.3 Å². The monoisotopic (exact) mass is 493 g/mol. The average molecular weight is 494 g/mol. The Hall–Kier alpha value is -4.63. The number of pyridine rings is 1. The SMILES string of the molecule is Cc1ccc2c(Cc3ccc4occc(=O)c4c3)nccc2c1NC(=O)c1csc2c(N)ncnc12. The number of nitrogens with zero attached hydrogens (tertiary/aromatic N) is 3. The summed E-state index contributed by atoms with van der Waals surface area (Å²) in [5.74, 6) is 0.0853. The molecule has 0 aliphatic heterocycles. The summed E-state index contributed by atoms with van der Waals surface area (Å²) in [5.41, 5.74) is 10.8. The highest BCUT2D eigenvalue weighted by molar-refractivity contribution is 7.18. The molecule has 3 N–H and O–H groups in total. The van der Waals surface area contributed by atoms with Crippen LogP contribution in [0.25, 0.3) is 32.0 Å². The summed E-state index contributed by atoms with van der Waals surface area (Å²) in [6, 6.07) is 12.8. The van der Waals surface area contributed by atoms with Gasteiger partial charge in [0.15, 0.2) is 5.43 Å². The molecule has 0 aliphatic rings. The second-order valence-corrected chi connectivity index (χ2v) is 9.32. The Kier molecular flexibility index (Phi) is 5.19. The highest BCUT2D eigenvalue weighted by Crippen LogP contribution is 2.32. The molecule has 9 heteroatoms. The summed E-state index contributed by atoms with van der Waals surface area (Å²) in [6.07, 6.45) is 5.01. The van der Waals surface area contributed by atoms with Crippen LogP contribution in [-0.4, -0.2) is 20.9 Å². The number of rotatable bonds is 4. The third-order valence-electron chi connectivity index (χ3n) is 6.20. The molecule has 4 heterocycles. The zero-order valence-electron chi connectivity index (χ0n) is 19.1. The van der Waals surface area contributed by atoms with E-state index in [1.165, 1.54) is 30.0 Å². The lowest BCUT2D eigenvalue weighted by molar-refractivity contribution is 0.102. The molecule has 4 aromatic heterocycles. The summed E-state index contributed by atoms with van der Waals surface area (Å²) in [6.45, 7) is 1.95. The topological polar surface area (TPSA) is 124 Å². The molecular formula is C27H19N5O3S. The van der Waals surface area contributed by atoms with Crippen molar-refractivity contribution in [3.63, 3.8) is 0 Å². The van der Waals surface area contributed by atoms with Crippen LogP contribution in [0.5, 0.6) is 0 Å². The van der Waals surface area contributed by atoms with E-state index >= 15 is 0 Å². The second-order valence-electron chi connectivity index (χ2n) is 8.44. The number of benzene rings is 2. The van der Waals surface area contributed by atoms with Gasteiger partial charge in [0, 0.05) is 34.8 Å². The zero-order valence-corrected chi connectivity index (χ0v) is 19.9. The molecule has 0 aliphatic carbocycles.